The summed E-state index contributed by atoms with van der Waals surface area (Å²) in [5, 5.41) is 0. The Balaban J connectivity index is 2.13. The van der Waals surface area contributed by atoms with Gasteiger partial charge in [-0.2, -0.15) is 0 Å². The van der Waals surface area contributed by atoms with Gasteiger partial charge >= 0.3 is 0 Å². The molecule has 1 fully saturated rings. The number of carbonyl (C=O) groups excluding carboxylic acids is 1. The topological polar surface area (TPSA) is 17.1 Å². The van der Waals surface area contributed by atoms with Crippen molar-refractivity contribution in [1.29, 1.82) is 0 Å². The molecule has 3 aliphatic rings. The lowest BCUT2D eigenvalue weighted by Crippen LogP contribution is -2.35. The van der Waals surface area contributed by atoms with Crippen molar-refractivity contribution in [1.82, 2.24) is 0 Å². The predicted octanol–water partition coefficient (Wildman–Crippen LogP) is 4.27. The van der Waals surface area contributed by atoms with E-state index in [0.717, 1.165) is 6.42 Å². The molecule has 0 heterocycles. The molecule has 0 saturated heterocycles. The number of Topliss-reactive ketones (excluding diaryl/α,β-unsaturated/α-hetero) is 1. The molecule has 3 rings (SSSR count). The minimum Gasteiger partial charge on any atom is -0.294 e. The third kappa shape index (κ3) is 1.29. The molecule has 0 spiro atoms. The summed E-state index contributed by atoms with van der Waals surface area (Å²) >= 11 is 0. The molecule has 17 heavy (non-hydrogen) atoms. The van der Waals surface area contributed by atoms with Crippen molar-refractivity contribution in [3.8, 4) is 0 Å². The molecule has 0 unspecified atom stereocenters. The van der Waals surface area contributed by atoms with Crippen molar-refractivity contribution >= 4 is 5.78 Å². The van der Waals surface area contributed by atoms with Gasteiger partial charge in [0.05, 0.1) is 0 Å². The Labute approximate surface area is 105 Å². The van der Waals surface area contributed by atoms with Crippen LogP contribution in [0, 0.1) is 16.7 Å². The number of hydrogen-bond donors (Lipinski definition) is 0. The highest BCUT2D eigenvalue weighted by Crippen LogP contribution is 2.63. The van der Waals surface area contributed by atoms with Gasteiger partial charge in [-0.3, -0.25) is 4.79 Å². The van der Waals surface area contributed by atoms with Crippen molar-refractivity contribution in [3.63, 3.8) is 0 Å². The molecule has 3 aliphatic carbocycles. The number of fused-ring (bicyclic) bond motifs is 2. The fourth-order valence-corrected chi connectivity index (χ4v) is 4.87. The van der Waals surface area contributed by atoms with E-state index in [1.54, 1.807) is 5.57 Å². The first-order chi connectivity index (χ1) is 8.03. The average Bonchev–Trinajstić information content (AvgIpc) is 2.76. The monoisotopic (exact) mass is 232 g/mol. The first kappa shape index (κ1) is 11.5. The summed E-state index contributed by atoms with van der Waals surface area (Å²) < 4.78 is 0. The SMILES string of the molecule is CC[C@@]12CCCC[C@@H]1C(=O)C1=C2CCC1(C)C. The Morgan fingerprint density at radius 2 is 2.00 bits per heavy atom. The Hall–Kier alpha value is -0.590. The molecule has 0 aromatic carbocycles. The van der Waals surface area contributed by atoms with Crippen LogP contribution in [-0.4, -0.2) is 5.78 Å². The lowest BCUT2D eigenvalue weighted by molar-refractivity contribution is -0.123. The smallest absolute Gasteiger partial charge is 0.163 e. The second-order valence-electron chi connectivity index (χ2n) is 6.91. The molecule has 1 saturated carbocycles. The number of rotatable bonds is 1. The summed E-state index contributed by atoms with van der Waals surface area (Å²) in [6.07, 6.45) is 8.58. The van der Waals surface area contributed by atoms with E-state index in [-0.39, 0.29) is 5.41 Å². The molecular weight excluding hydrogens is 208 g/mol. The molecule has 1 heteroatoms. The fraction of sp³-hybridized carbons (Fsp3) is 0.812. The van der Waals surface area contributed by atoms with Crippen LogP contribution >= 0.6 is 0 Å². The molecule has 0 radical (unpaired) electrons. The van der Waals surface area contributed by atoms with Crippen molar-refractivity contribution < 1.29 is 4.79 Å². The Bertz CT molecular complexity index is 402. The van der Waals surface area contributed by atoms with Gasteiger partial charge in [-0.1, -0.05) is 39.2 Å². The van der Waals surface area contributed by atoms with Crippen LogP contribution in [0.15, 0.2) is 11.1 Å². The van der Waals surface area contributed by atoms with Gasteiger partial charge in [0.1, 0.15) is 0 Å². The van der Waals surface area contributed by atoms with Crippen LogP contribution in [0.3, 0.4) is 0 Å². The fourth-order valence-electron chi connectivity index (χ4n) is 4.87. The summed E-state index contributed by atoms with van der Waals surface area (Å²) in [5.74, 6) is 0.884. The molecule has 0 aliphatic heterocycles. The van der Waals surface area contributed by atoms with Gasteiger partial charge in [0.25, 0.3) is 0 Å². The summed E-state index contributed by atoms with van der Waals surface area (Å²) in [6.45, 7) is 6.84. The lowest BCUT2D eigenvalue weighted by Gasteiger charge is -2.40. The van der Waals surface area contributed by atoms with Crippen LogP contribution in [0.2, 0.25) is 0 Å². The zero-order valence-corrected chi connectivity index (χ0v) is 11.4. The first-order valence-electron chi connectivity index (χ1n) is 7.31. The lowest BCUT2D eigenvalue weighted by atomic mass is 9.62. The normalized spacial score (nSPS) is 39.5. The zero-order chi connectivity index (χ0) is 12.3. The van der Waals surface area contributed by atoms with Crippen molar-refractivity contribution in [3.05, 3.63) is 11.1 Å². The summed E-state index contributed by atoms with van der Waals surface area (Å²) in [6, 6.07) is 0. The maximum absolute atomic E-state index is 12.7. The Morgan fingerprint density at radius 1 is 1.24 bits per heavy atom. The van der Waals surface area contributed by atoms with Gasteiger partial charge in [0.15, 0.2) is 5.78 Å². The van der Waals surface area contributed by atoms with E-state index in [1.165, 1.54) is 44.1 Å². The van der Waals surface area contributed by atoms with E-state index in [1.807, 2.05) is 0 Å². The summed E-state index contributed by atoms with van der Waals surface area (Å²) in [4.78, 5) is 12.7. The predicted molar refractivity (Wildman–Crippen MR) is 69.7 cm³/mol. The van der Waals surface area contributed by atoms with E-state index in [2.05, 4.69) is 20.8 Å². The standard InChI is InChI=1S/C16H24O/c1-4-16-9-6-5-7-12(16)14(17)13-11(16)8-10-15(13,2)3/h12H,4-10H2,1-3H3/t12-,16+/m1/s1. The molecule has 94 valence electrons. The average molecular weight is 232 g/mol. The minimum atomic E-state index is 0.159. The summed E-state index contributed by atoms with van der Waals surface area (Å²) in [7, 11) is 0. The second-order valence-corrected chi connectivity index (χ2v) is 6.91. The van der Waals surface area contributed by atoms with Gasteiger partial charge in [0.2, 0.25) is 0 Å². The number of hydrogen-bond acceptors (Lipinski definition) is 1. The number of allylic oxidation sites excluding steroid dienone is 2. The molecular formula is C16H24O. The maximum atomic E-state index is 12.7. The Morgan fingerprint density at radius 3 is 2.71 bits per heavy atom. The Kier molecular flexibility index (Phi) is 2.34. The van der Waals surface area contributed by atoms with E-state index >= 15 is 0 Å². The highest BCUT2D eigenvalue weighted by molar-refractivity contribution is 6.03. The zero-order valence-electron chi connectivity index (χ0n) is 11.4. The van der Waals surface area contributed by atoms with E-state index in [4.69, 9.17) is 0 Å². The molecule has 0 aromatic rings. The van der Waals surface area contributed by atoms with Crippen molar-refractivity contribution in [2.24, 2.45) is 16.7 Å². The molecule has 0 aromatic heterocycles. The second kappa shape index (κ2) is 3.46. The summed E-state index contributed by atoms with van der Waals surface area (Å²) in [5.41, 5.74) is 3.29. The number of carbonyl (C=O) groups is 1. The van der Waals surface area contributed by atoms with Crippen LogP contribution < -0.4 is 0 Å². The van der Waals surface area contributed by atoms with Gasteiger partial charge in [-0.15, -0.1) is 0 Å². The van der Waals surface area contributed by atoms with E-state index in [9.17, 15) is 4.79 Å². The van der Waals surface area contributed by atoms with Gasteiger partial charge in [0, 0.05) is 16.9 Å². The third-order valence-corrected chi connectivity index (χ3v) is 5.81. The van der Waals surface area contributed by atoms with Gasteiger partial charge < -0.3 is 0 Å². The minimum absolute atomic E-state index is 0.159. The molecule has 0 amide bonds. The van der Waals surface area contributed by atoms with E-state index < -0.39 is 0 Å². The highest BCUT2D eigenvalue weighted by atomic mass is 16.1. The molecule has 0 bridgehead atoms. The largest absolute Gasteiger partial charge is 0.294 e. The van der Waals surface area contributed by atoms with Crippen LogP contribution in [0.1, 0.15) is 65.7 Å². The first-order valence-corrected chi connectivity index (χ1v) is 7.31. The van der Waals surface area contributed by atoms with Crippen molar-refractivity contribution in [2.75, 3.05) is 0 Å². The van der Waals surface area contributed by atoms with Crippen LogP contribution in [0.4, 0.5) is 0 Å². The third-order valence-electron chi connectivity index (χ3n) is 5.81. The van der Waals surface area contributed by atoms with Crippen LogP contribution in [-0.2, 0) is 4.79 Å². The quantitative estimate of drug-likeness (QED) is 0.659. The molecule has 1 nitrogen and oxygen atoms in total. The van der Waals surface area contributed by atoms with Crippen LogP contribution in [0.5, 0.6) is 0 Å². The van der Waals surface area contributed by atoms with Crippen molar-refractivity contribution in [2.45, 2.75) is 65.7 Å². The van der Waals surface area contributed by atoms with Crippen LogP contribution in [0.25, 0.3) is 0 Å². The molecule has 0 N–H and O–H groups in total. The maximum Gasteiger partial charge on any atom is 0.163 e. The van der Waals surface area contributed by atoms with Gasteiger partial charge in [-0.25, -0.2) is 0 Å². The number of ketones is 1. The van der Waals surface area contributed by atoms with E-state index in [0.29, 0.717) is 17.1 Å². The highest BCUT2D eigenvalue weighted by Gasteiger charge is 2.57. The van der Waals surface area contributed by atoms with Gasteiger partial charge in [-0.05, 0) is 37.5 Å². The molecule has 2 atom stereocenters.